The summed E-state index contributed by atoms with van der Waals surface area (Å²) in [7, 11) is 0.945. The van der Waals surface area contributed by atoms with E-state index < -0.39 is 34.3 Å². The minimum Gasteiger partial charge on any atom is -0.478 e. The standard InChI is InChI=1S/C8H10O4.C6H6O4.C2H6O4S/c1-11-7(9)5-3-4-6-8(10)12-2;7-5(8)3-1-2-4-6(9)10;1-5-7(3,4)6-2/h3-6H,1-2H3;1-4H,(H,7,8)(H,9,10);1-2H3/b5-3-,6-4+;3-1-,4-2+;. The zero-order valence-corrected chi connectivity index (χ0v) is 16.8. The summed E-state index contributed by atoms with van der Waals surface area (Å²) in [4.78, 5) is 40.5. The van der Waals surface area contributed by atoms with Gasteiger partial charge in [0.2, 0.25) is 0 Å². The molecule has 0 heterocycles. The molecule has 0 rings (SSSR count). The second-order valence-corrected chi connectivity index (χ2v) is 5.38. The van der Waals surface area contributed by atoms with Gasteiger partial charge in [-0.1, -0.05) is 24.3 Å². The van der Waals surface area contributed by atoms with Gasteiger partial charge in [-0.05, 0) is 0 Å². The lowest BCUT2D eigenvalue weighted by molar-refractivity contribution is -0.135. The van der Waals surface area contributed by atoms with Crippen molar-refractivity contribution in [1.29, 1.82) is 0 Å². The van der Waals surface area contributed by atoms with Gasteiger partial charge in [0.25, 0.3) is 0 Å². The number of esters is 2. The van der Waals surface area contributed by atoms with Crippen LogP contribution < -0.4 is 0 Å². The molecule has 0 radical (unpaired) electrons. The van der Waals surface area contributed by atoms with E-state index in [-0.39, 0.29) is 0 Å². The zero-order valence-electron chi connectivity index (χ0n) is 16.0. The fraction of sp³-hybridized carbons (Fsp3) is 0.250. The predicted molar refractivity (Wildman–Crippen MR) is 98.8 cm³/mol. The molecule has 0 amide bonds. The molecule has 0 aromatic rings. The van der Waals surface area contributed by atoms with Gasteiger partial charge in [-0.25, -0.2) is 19.2 Å². The van der Waals surface area contributed by atoms with E-state index in [9.17, 15) is 27.6 Å². The summed E-state index contributed by atoms with van der Waals surface area (Å²) >= 11 is 0. The van der Waals surface area contributed by atoms with Gasteiger partial charge < -0.3 is 19.7 Å². The van der Waals surface area contributed by atoms with Gasteiger partial charge in [0.15, 0.2) is 0 Å². The van der Waals surface area contributed by atoms with Crippen LogP contribution in [-0.2, 0) is 47.4 Å². The molecule has 0 spiro atoms. The predicted octanol–water partition coefficient (Wildman–Crippen LogP) is 0.237. The second-order valence-electron chi connectivity index (χ2n) is 3.90. The quantitative estimate of drug-likeness (QED) is 0.300. The molecule has 164 valence electrons. The Kier molecular flexibility index (Phi) is 20.4. The number of rotatable bonds is 8. The lowest BCUT2D eigenvalue weighted by atomic mass is 10.4. The molecule has 0 bridgehead atoms. The Morgan fingerprint density at radius 3 is 1.07 bits per heavy atom. The minimum atomic E-state index is -3.66. The first kappa shape index (κ1) is 30.4. The fourth-order valence-electron chi connectivity index (χ4n) is 0.748. The van der Waals surface area contributed by atoms with Crippen LogP contribution in [0.3, 0.4) is 0 Å². The molecule has 2 N–H and O–H groups in total. The Balaban J connectivity index is -0.000000362. The largest absolute Gasteiger partial charge is 0.478 e. The third-order valence-electron chi connectivity index (χ3n) is 1.98. The van der Waals surface area contributed by atoms with Crippen molar-refractivity contribution in [2.45, 2.75) is 0 Å². The fourth-order valence-corrected chi connectivity index (χ4v) is 0.884. The molecule has 0 unspecified atom stereocenters. The molecule has 0 aliphatic heterocycles. The van der Waals surface area contributed by atoms with Gasteiger partial charge >= 0.3 is 34.3 Å². The normalized spacial score (nSPS) is 10.9. The van der Waals surface area contributed by atoms with E-state index in [1.165, 1.54) is 38.5 Å². The van der Waals surface area contributed by atoms with Crippen molar-refractivity contribution in [2.24, 2.45) is 0 Å². The van der Waals surface area contributed by atoms with E-state index in [2.05, 4.69) is 17.8 Å². The highest BCUT2D eigenvalue weighted by molar-refractivity contribution is 7.81. The Morgan fingerprint density at radius 2 is 0.897 bits per heavy atom. The number of carboxylic acids is 2. The highest BCUT2D eigenvalue weighted by Gasteiger charge is 2.01. The molecule has 0 aromatic heterocycles. The summed E-state index contributed by atoms with van der Waals surface area (Å²) in [5.74, 6) is -3.14. The molecule has 13 heteroatoms. The van der Waals surface area contributed by atoms with E-state index in [0.29, 0.717) is 0 Å². The Hall–Kier alpha value is -3.29. The Bertz CT molecular complexity index is 673. The zero-order chi connectivity index (χ0) is 23.3. The van der Waals surface area contributed by atoms with E-state index in [4.69, 9.17) is 10.2 Å². The van der Waals surface area contributed by atoms with Gasteiger partial charge in [0.1, 0.15) is 0 Å². The molecular weight excluding hydrogens is 416 g/mol. The van der Waals surface area contributed by atoms with Gasteiger partial charge in [0, 0.05) is 24.3 Å². The number of carbonyl (C=O) groups is 4. The molecule has 12 nitrogen and oxygen atoms in total. The highest BCUT2D eigenvalue weighted by Crippen LogP contribution is 1.86. The average Bonchev–Trinajstić information content (AvgIpc) is 2.68. The number of aliphatic carboxylic acids is 2. The molecule has 0 fully saturated rings. The molecular formula is C16H22O12S. The summed E-state index contributed by atoms with van der Waals surface area (Å²) in [6, 6.07) is 0. The van der Waals surface area contributed by atoms with Gasteiger partial charge in [-0.2, -0.15) is 8.42 Å². The van der Waals surface area contributed by atoms with E-state index in [0.717, 1.165) is 38.5 Å². The van der Waals surface area contributed by atoms with Crippen LogP contribution >= 0.6 is 0 Å². The number of carbonyl (C=O) groups excluding carboxylic acids is 2. The highest BCUT2D eigenvalue weighted by atomic mass is 32.3. The Labute approximate surface area is 167 Å². The number of ether oxygens (including phenoxy) is 2. The van der Waals surface area contributed by atoms with Crippen LogP contribution in [0.4, 0.5) is 0 Å². The van der Waals surface area contributed by atoms with E-state index in [1.807, 2.05) is 0 Å². The van der Waals surface area contributed by atoms with Crippen molar-refractivity contribution >= 4 is 34.3 Å². The monoisotopic (exact) mass is 438 g/mol. The average molecular weight is 438 g/mol. The van der Waals surface area contributed by atoms with Crippen molar-refractivity contribution in [2.75, 3.05) is 28.4 Å². The van der Waals surface area contributed by atoms with E-state index >= 15 is 0 Å². The second kappa shape index (κ2) is 19.5. The summed E-state index contributed by atoms with van der Waals surface area (Å²) in [6.45, 7) is 0. The Morgan fingerprint density at radius 1 is 0.621 bits per heavy atom. The maximum absolute atomic E-state index is 10.5. The first-order valence-electron chi connectivity index (χ1n) is 7.13. The number of hydrogen-bond donors (Lipinski definition) is 2. The van der Waals surface area contributed by atoms with Crippen LogP contribution in [0.2, 0.25) is 0 Å². The van der Waals surface area contributed by atoms with Crippen molar-refractivity contribution in [3.8, 4) is 0 Å². The summed E-state index contributed by atoms with van der Waals surface area (Å²) in [5, 5.41) is 16.0. The third kappa shape index (κ3) is 29.7. The minimum absolute atomic E-state index is 0.468. The van der Waals surface area contributed by atoms with Crippen molar-refractivity contribution < 1.29 is 55.6 Å². The molecule has 0 saturated carbocycles. The topological polar surface area (TPSA) is 180 Å². The molecule has 29 heavy (non-hydrogen) atoms. The molecule has 0 saturated heterocycles. The van der Waals surface area contributed by atoms with E-state index in [1.54, 1.807) is 0 Å². The van der Waals surface area contributed by atoms with Crippen LogP contribution in [0.1, 0.15) is 0 Å². The van der Waals surface area contributed by atoms with Gasteiger partial charge in [-0.3, -0.25) is 8.37 Å². The first-order valence-corrected chi connectivity index (χ1v) is 8.46. The van der Waals surface area contributed by atoms with Crippen LogP contribution in [0.15, 0.2) is 48.6 Å². The van der Waals surface area contributed by atoms with Crippen molar-refractivity contribution in [1.82, 2.24) is 0 Å². The first-order chi connectivity index (χ1) is 13.4. The number of methoxy groups -OCH3 is 2. The lowest BCUT2D eigenvalue weighted by Crippen LogP contribution is -2.02. The third-order valence-corrected chi connectivity index (χ3v) is 2.79. The maximum Gasteiger partial charge on any atom is 0.399 e. The number of hydrogen-bond acceptors (Lipinski definition) is 10. The molecule has 0 aliphatic rings. The van der Waals surface area contributed by atoms with Crippen molar-refractivity contribution in [3.63, 3.8) is 0 Å². The summed E-state index contributed by atoms with van der Waals surface area (Å²) in [6.07, 6.45) is 9.14. The van der Waals surface area contributed by atoms with Crippen LogP contribution in [-0.4, -0.2) is 70.9 Å². The van der Waals surface area contributed by atoms with Gasteiger partial charge in [-0.15, -0.1) is 0 Å². The SMILES string of the molecule is COC(=O)/C=C\C=C\C(=O)OC.COS(=O)(=O)OC.O=C(O)/C=C\C=C\C(=O)O. The van der Waals surface area contributed by atoms with Crippen LogP contribution in [0.5, 0.6) is 0 Å². The van der Waals surface area contributed by atoms with Crippen molar-refractivity contribution in [3.05, 3.63) is 48.6 Å². The molecule has 0 atom stereocenters. The number of allylic oxidation sites excluding steroid dienone is 4. The lowest BCUT2D eigenvalue weighted by Gasteiger charge is -1.91. The number of carboxylic acid groups (broad SMARTS) is 2. The molecule has 0 aliphatic carbocycles. The van der Waals surface area contributed by atoms with Crippen LogP contribution in [0.25, 0.3) is 0 Å². The molecule has 0 aromatic carbocycles. The van der Waals surface area contributed by atoms with Gasteiger partial charge in [0.05, 0.1) is 28.4 Å². The summed E-state index contributed by atoms with van der Waals surface area (Å²) < 4.78 is 36.1. The smallest absolute Gasteiger partial charge is 0.399 e. The maximum atomic E-state index is 10.5. The van der Waals surface area contributed by atoms with Crippen LogP contribution in [0, 0.1) is 0 Å². The summed E-state index contributed by atoms with van der Waals surface area (Å²) in [5.41, 5.74) is 0.